The number of carbonyl (C=O) groups is 3. The maximum Gasteiger partial charge on any atom is 0.331 e. The van der Waals surface area contributed by atoms with Gasteiger partial charge in [0.25, 0.3) is 0 Å². The quantitative estimate of drug-likeness (QED) is 0.0720. The molecule has 5 nitrogen and oxygen atoms in total. The SMILES string of the molecule is COC(=O)/C=C/c1ccc2ccccc2c1.COC(=O)C=P(c1ccccc1)(c1ccccc1)c1ccccc1.O=Cc1ccc2ccccc2c1. The first-order valence-electron chi connectivity index (χ1n) is 16.6. The number of rotatable bonds is 7. The molecule has 0 aliphatic heterocycles. The lowest BCUT2D eigenvalue weighted by Crippen LogP contribution is -2.28. The molecule has 0 atom stereocenters. The molecule has 0 amide bonds. The van der Waals surface area contributed by atoms with Crippen LogP contribution in [0.4, 0.5) is 0 Å². The highest BCUT2D eigenvalue weighted by Gasteiger charge is 2.26. The fourth-order valence-electron chi connectivity index (χ4n) is 5.70. The van der Waals surface area contributed by atoms with E-state index in [0.29, 0.717) is 0 Å². The maximum atomic E-state index is 12.3. The summed E-state index contributed by atoms with van der Waals surface area (Å²) in [6.45, 7) is -2.23. The van der Waals surface area contributed by atoms with Gasteiger partial charge in [-0.15, -0.1) is 0 Å². The Bertz CT molecular complexity index is 2230. The van der Waals surface area contributed by atoms with Crippen molar-refractivity contribution in [2.45, 2.75) is 0 Å². The largest absolute Gasteiger partial charge is 0.466 e. The highest BCUT2D eigenvalue weighted by atomic mass is 31.2. The molecule has 0 saturated heterocycles. The van der Waals surface area contributed by atoms with Crippen LogP contribution >= 0.6 is 6.89 Å². The summed E-state index contributed by atoms with van der Waals surface area (Å²) in [5, 5.41) is 8.03. The second-order valence-corrected chi connectivity index (χ2v) is 14.8. The molecule has 0 heterocycles. The van der Waals surface area contributed by atoms with Gasteiger partial charge in [0.15, 0.2) is 0 Å². The molecule has 7 rings (SSSR count). The van der Waals surface area contributed by atoms with Gasteiger partial charge in [-0.25, -0.2) is 9.59 Å². The number of methoxy groups -OCH3 is 2. The van der Waals surface area contributed by atoms with Crippen LogP contribution in [0.25, 0.3) is 27.6 Å². The standard InChI is InChI=1S/C21H19O2P.C14H12O2.C11H8O/c1-23-21(22)17-24(18-11-5-2-6-12-18,19-13-7-3-8-14-19)20-15-9-4-10-16-20;1-16-14(15)9-7-11-6-8-12-4-2-3-5-13(12)10-11;12-8-9-5-6-10-3-1-2-4-11(10)7-9/h2-17H,1H3;2-10H,1H3;1-8H/b;9-7+;. The zero-order valence-corrected chi connectivity index (χ0v) is 29.9. The lowest BCUT2D eigenvalue weighted by Gasteiger charge is -2.28. The molecule has 0 spiro atoms. The number of ether oxygens (including phenoxy) is 2. The second kappa shape index (κ2) is 18.6. The van der Waals surface area contributed by atoms with E-state index in [4.69, 9.17) is 4.74 Å². The third kappa shape index (κ3) is 9.48. The third-order valence-electron chi connectivity index (χ3n) is 8.29. The van der Waals surface area contributed by atoms with Crippen molar-refractivity contribution in [3.05, 3.63) is 193 Å². The topological polar surface area (TPSA) is 69.7 Å². The van der Waals surface area contributed by atoms with Crippen LogP contribution in [0.15, 0.2) is 182 Å². The van der Waals surface area contributed by atoms with Crippen molar-refractivity contribution >= 4 is 74.4 Å². The maximum absolute atomic E-state index is 12.3. The van der Waals surface area contributed by atoms with E-state index < -0.39 is 6.89 Å². The summed E-state index contributed by atoms with van der Waals surface area (Å²) >= 11 is 0. The van der Waals surface area contributed by atoms with Gasteiger partial charge in [-0.05, 0) is 68.1 Å². The van der Waals surface area contributed by atoms with Crippen molar-refractivity contribution in [2.75, 3.05) is 14.2 Å². The predicted molar refractivity (Wildman–Crippen MR) is 218 cm³/mol. The van der Waals surface area contributed by atoms with Crippen LogP contribution in [-0.2, 0) is 19.1 Å². The first-order chi connectivity index (χ1) is 25.5. The molecule has 0 aliphatic rings. The number of hydrogen-bond acceptors (Lipinski definition) is 5. The van der Waals surface area contributed by atoms with E-state index >= 15 is 0 Å². The molecule has 7 aromatic rings. The fraction of sp³-hybridized carbons (Fsp3) is 0.0435. The average molecular weight is 703 g/mol. The Morgan fingerprint density at radius 2 is 0.846 bits per heavy atom. The summed E-state index contributed by atoms with van der Waals surface area (Å²) in [6, 6.07) is 58.4. The van der Waals surface area contributed by atoms with Crippen LogP contribution in [-0.4, -0.2) is 38.2 Å². The van der Waals surface area contributed by atoms with E-state index in [0.717, 1.165) is 44.1 Å². The van der Waals surface area contributed by atoms with Crippen LogP contribution in [0, 0.1) is 0 Å². The van der Waals surface area contributed by atoms with Gasteiger partial charge in [-0.3, -0.25) is 4.79 Å². The minimum Gasteiger partial charge on any atom is -0.466 e. The lowest BCUT2D eigenvalue weighted by atomic mass is 10.1. The van der Waals surface area contributed by atoms with Crippen molar-refractivity contribution in [1.82, 2.24) is 0 Å². The molecule has 0 fully saturated rings. The first kappa shape index (κ1) is 37.0. The Morgan fingerprint density at radius 1 is 0.462 bits per heavy atom. The lowest BCUT2D eigenvalue weighted by molar-refractivity contribution is -0.135. The predicted octanol–water partition coefficient (Wildman–Crippen LogP) is 8.63. The molecule has 0 aromatic heterocycles. The number of hydrogen-bond donors (Lipinski definition) is 0. The van der Waals surface area contributed by atoms with Gasteiger partial charge >= 0.3 is 11.9 Å². The fourth-order valence-corrected chi connectivity index (χ4v) is 9.39. The average Bonchev–Trinajstić information content (AvgIpc) is 3.23. The van der Waals surface area contributed by atoms with Crippen molar-refractivity contribution in [2.24, 2.45) is 0 Å². The van der Waals surface area contributed by atoms with E-state index in [1.54, 1.807) is 11.9 Å². The molecule has 6 heteroatoms. The van der Waals surface area contributed by atoms with Crippen LogP contribution in [0.2, 0.25) is 0 Å². The Balaban J connectivity index is 0.000000161. The molecule has 0 saturated carbocycles. The molecular formula is C46H39O5P. The zero-order valence-electron chi connectivity index (χ0n) is 29.0. The van der Waals surface area contributed by atoms with Crippen LogP contribution in [0.3, 0.4) is 0 Å². The second-order valence-electron chi connectivity index (χ2n) is 11.6. The summed E-state index contributed by atoms with van der Waals surface area (Å²) in [7, 11) is 2.79. The van der Waals surface area contributed by atoms with E-state index in [2.05, 4.69) is 47.2 Å². The van der Waals surface area contributed by atoms with Gasteiger partial charge in [-0.2, -0.15) is 0 Å². The molecular weight excluding hydrogens is 663 g/mol. The van der Waals surface area contributed by atoms with Gasteiger partial charge in [0.1, 0.15) is 6.29 Å². The third-order valence-corrected chi connectivity index (χ3v) is 12.2. The Hall–Kier alpha value is -6.29. The molecule has 52 heavy (non-hydrogen) atoms. The highest BCUT2D eigenvalue weighted by molar-refractivity contribution is 7.95. The van der Waals surface area contributed by atoms with E-state index in [1.165, 1.54) is 31.1 Å². The van der Waals surface area contributed by atoms with Crippen molar-refractivity contribution in [3.63, 3.8) is 0 Å². The van der Waals surface area contributed by atoms with Crippen molar-refractivity contribution < 1.29 is 23.9 Å². The van der Waals surface area contributed by atoms with Crippen molar-refractivity contribution in [3.8, 4) is 0 Å². The number of aldehydes is 1. The number of fused-ring (bicyclic) bond motifs is 2. The van der Waals surface area contributed by atoms with Crippen LogP contribution in [0.1, 0.15) is 15.9 Å². The van der Waals surface area contributed by atoms with E-state index in [-0.39, 0.29) is 11.9 Å². The van der Waals surface area contributed by atoms with E-state index in [1.807, 2.05) is 133 Å². The number of carbonyl (C=O) groups excluding carboxylic acids is 3. The summed E-state index contributed by atoms with van der Waals surface area (Å²) in [5.41, 5.74) is 1.72. The van der Waals surface area contributed by atoms with Gasteiger partial charge in [0.2, 0.25) is 0 Å². The molecule has 0 unspecified atom stereocenters. The van der Waals surface area contributed by atoms with Gasteiger partial charge in [0.05, 0.1) is 14.2 Å². The molecule has 0 bridgehead atoms. The Morgan fingerprint density at radius 3 is 1.27 bits per heavy atom. The Kier molecular flexibility index (Phi) is 13.2. The van der Waals surface area contributed by atoms with Gasteiger partial charge < -0.3 is 9.47 Å². The number of benzene rings is 7. The zero-order chi connectivity index (χ0) is 36.6. The first-order valence-corrected chi connectivity index (χ1v) is 18.5. The summed E-state index contributed by atoms with van der Waals surface area (Å²) in [5.74, 6) is 1.13. The molecule has 0 N–H and O–H groups in total. The smallest absolute Gasteiger partial charge is 0.331 e. The summed E-state index contributed by atoms with van der Waals surface area (Å²) < 4.78 is 9.54. The molecule has 0 aliphatic carbocycles. The van der Waals surface area contributed by atoms with Gasteiger partial charge in [0, 0.05) is 17.4 Å². The summed E-state index contributed by atoms with van der Waals surface area (Å²) in [4.78, 5) is 33.7. The highest BCUT2D eigenvalue weighted by Crippen LogP contribution is 2.43. The van der Waals surface area contributed by atoms with E-state index in [9.17, 15) is 14.4 Å². The molecule has 258 valence electrons. The molecule has 7 aromatic carbocycles. The van der Waals surface area contributed by atoms with Gasteiger partial charge in [-0.1, -0.05) is 164 Å². The Labute approximate surface area is 304 Å². The molecule has 0 radical (unpaired) electrons. The minimum atomic E-state index is -2.23. The normalized spacial score (nSPS) is 10.7. The van der Waals surface area contributed by atoms with Crippen LogP contribution in [0.5, 0.6) is 0 Å². The monoisotopic (exact) mass is 702 g/mol. The summed E-state index contributed by atoms with van der Waals surface area (Å²) in [6.07, 6.45) is 4.04. The number of esters is 2. The van der Waals surface area contributed by atoms with Crippen molar-refractivity contribution in [1.29, 1.82) is 0 Å². The minimum absolute atomic E-state index is 0.306. The van der Waals surface area contributed by atoms with Crippen LogP contribution < -0.4 is 15.9 Å².